The summed E-state index contributed by atoms with van der Waals surface area (Å²) >= 11 is 0. The predicted molar refractivity (Wildman–Crippen MR) is 69.4 cm³/mol. The first kappa shape index (κ1) is 15.2. The number of aromatic hydroxyl groups is 1. The van der Waals surface area contributed by atoms with Gasteiger partial charge < -0.3 is 9.84 Å². The molecule has 0 aliphatic rings. The fourth-order valence-corrected chi connectivity index (χ4v) is 1.13. The van der Waals surface area contributed by atoms with Gasteiger partial charge in [0.05, 0.1) is 12.7 Å². The normalized spacial score (nSPS) is 9.71. The van der Waals surface area contributed by atoms with Crippen LogP contribution in [0.3, 0.4) is 0 Å². The molecule has 94 valence electrons. The number of carbonyl (C=O) groups excluding carboxylic acids is 1. The average molecular weight is 236 g/mol. The van der Waals surface area contributed by atoms with Gasteiger partial charge in [-0.25, -0.2) is 4.79 Å². The molecule has 0 fully saturated rings. The molecule has 0 heterocycles. The lowest BCUT2D eigenvalue weighted by atomic mass is 10.0. The number of carbonyl (C=O) groups is 1. The van der Waals surface area contributed by atoms with E-state index in [4.69, 9.17) is 0 Å². The fourth-order valence-electron chi connectivity index (χ4n) is 1.13. The number of rotatable bonds is 1. The molecular formula is C14H20O3. The monoisotopic (exact) mass is 236 g/mol. The third-order valence-electron chi connectivity index (χ3n) is 2.28. The molecule has 3 nitrogen and oxygen atoms in total. The second-order valence-electron chi connectivity index (χ2n) is 3.61. The number of methoxy groups -OCH3 is 1. The van der Waals surface area contributed by atoms with E-state index in [1.807, 2.05) is 26.0 Å². The molecule has 0 aromatic heterocycles. The molecule has 0 atom stereocenters. The molecule has 3 heteroatoms. The lowest BCUT2D eigenvalue weighted by molar-refractivity contribution is 0.0600. The highest BCUT2D eigenvalue weighted by Crippen LogP contribution is 2.21. The van der Waals surface area contributed by atoms with E-state index in [9.17, 15) is 9.90 Å². The maximum atomic E-state index is 11.2. The summed E-state index contributed by atoms with van der Waals surface area (Å²) in [6.45, 7) is 7.49. The van der Waals surface area contributed by atoms with Crippen LogP contribution in [0.15, 0.2) is 24.3 Å². The number of ether oxygens (including phenoxy) is 1. The molecule has 0 spiro atoms. The van der Waals surface area contributed by atoms with Crippen molar-refractivity contribution in [1.82, 2.24) is 0 Å². The van der Waals surface area contributed by atoms with Crippen molar-refractivity contribution < 1.29 is 14.6 Å². The number of hydrogen-bond acceptors (Lipinski definition) is 3. The van der Waals surface area contributed by atoms with Gasteiger partial charge in [-0.1, -0.05) is 12.2 Å². The van der Waals surface area contributed by atoms with E-state index in [0.29, 0.717) is 11.1 Å². The maximum absolute atomic E-state index is 11.2. The minimum atomic E-state index is -0.374. The van der Waals surface area contributed by atoms with Crippen LogP contribution in [0, 0.1) is 13.8 Å². The highest BCUT2D eigenvalue weighted by atomic mass is 16.5. The Hall–Kier alpha value is -1.77. The van der Waals surface area contributed by atoms with Crippen molar-refractivity contribution in [2.45, 2.75) is 27.7 Å². The number of phenolic OH excluding ortho intramolecular Hbond substituents is 1. The summed E-state index contributed by atoms with van der Waals surface area (Å²) in [7, 11) is 1.34. The first-order valence-electron chi connectivity index (χ1n) is 5.43. The zero-order valence-electron chi connectivity index (χ0n) is 11.1. The Morgan fingerprint density at radius 2 is 1.71 bits per heavy atom. The predicted octanol–water partition coefficient (Wildman–Crippen LogP) is 3.38. The van der Waals surface area contributed by atoms with Gasteiger partial charge in [0.25, 0.3) is 0 Å². The minimum absolute atomic E-state index is 0.199. The molecule has 1 aromatic rings. The van der Waals surface area contributed by atoms with Crippen molar-refractivity contribution in [3.8, 4) is 5.75 Å². The van der Waals surface area contributed by atoms with Crippen LogP contribution in [0.2, 0.25) is 0 Å². The van der Waals surface area contributed by atoms with E-state index in [0.717, 1.165) is 5.56 Å². The largest absolute Gasteiger partial charge is 0.508 e. The molecule has 0 radical (unpaired) electrons. The van der Waals surface area contributed by atoms with Gasteiger partial charge in [-0.2, -0.15) is 0 Å². The van der Waals surface area contributed by atoms with E-state index < -0.39 is 0 Å². The van der Waals surface area contributed by atoms with Crippen molar-refractivity contribution in [2.75, 3.05) is 7.11 Å². The summed E-state index contributed by atoms with van der Waals surface area (Å²) in [4.78, 5) is 11.2. The molecule has 0 aliphatic heterocycles. The Balaban J connectivity index is 0.000000557. The van der Waals surface area contributed by atoms with Gasteiger partial charge in [0.1, 0.15) is 5.75 Å². The molecule has 17 heavy (non-hydrogen) atoms. The first-order valence-corrected chi connectivity index (χ1v) is 5.43. The molecule has 1 rings (SSSR count). The number of benzene rings is 1. The van der Waals surface area contributed by atoms with Crippen molar-refractivity contribution in [2.24, 2.45) is 0 Å². The second kappa shape index (κ2) is 7.49. The SMILES string of the molecule is C/C=C/C.COC(=O)c1cc(C)c(O)cc1C. The molecule has 0 amide bonds. The zero-order valence-corrected chi connectivity index (χ0v) is 11.1. The van der Waals surface area contributed by atoms with Gasteiger partial charge in [-0.05, 0) is 51.0 Å². The summed E-state index contributed by atoms with van der Waals surface area (Å²) in [6, 6.07) is 3.18. The highest BCUT2D eigenvalue weighted by Gasteiger charge is 2.10. The van der Waals surface area contributed by atoms with E-state index in [-0.39, 0.29) is 11.7 Å². The van der Waals surface area contributed by atoms with Gasteiger partial charge in [-0.15, -0.1) is 0 Å². The lowest BCUT2D eigenvalue weighted by Gasteiger charge is -2.06. The van der Waals surface area contributed by atoms with Crippen LogP contribution in [0.25, 0.3) is 0 Å². The van der Waals surface area contributed by atoms with Crippen LogP contribution in [0.1, 0.15) is 35.3 Å². The van der Waals surface area contributed by atoms with Crippen LogP contribution in [0.5, 0.6) is 5.75 Å². The van der Waals surface area contributed by atoms with Crippen LogP contribution < -0.4 is 0 Å². The molecule has 1 aromatic carbocycles. The van der Waals surface area contributed by atoms with Gasteiger partial charge in [-0.3, -0.25) is 0 Å². The van der Waals surface area contributed by atoms with Gasteiger partial charge in [0, 0.05) is 0 Å². The van der Waals surface area contributed by atoms with Gasteiger partial charge >= 0.3 is 5.97 Å². The summed E-state index contributed by atoms with van der Waals surface area (Å²) in [5.41, 5.74) is 1.89. The third kappa shape index (κ3) is 4.72. The van der Waals surface area contributed by atoms with E-state index in [2.05, 4.69) is 4.74 Å². The van der Waals surface area contributed by atoms with Crippen molar-refractivity contribution >= 4 is 5.97 Å². The summed E-state index contributed by atoms with van der Waals surface area (Å²) in [5.74, 6) is -0.175. The van der Waals surface area contributed by atoms with E-state index in [1.165, 1.54) is 7.11 Å². The number of esters is 1. The Bertz CT molecular complexity index is 402. The molecule has 0 unspecified atom stereocenters. The Morgan fingerprint density at radius 1 is 1.18 bits per heavy atom. The first-order chi connectivity index (χ1) is 7.97. The summed E-state index contributed by atoms with van der Waals surface area (Å²) in [5, 5.41) is 9.33. The van der Waals surface area contributed by atoms with E-state index >= 15 is 0 Å². The number of phenols is 1. The van der Waals surface area contributed by atoms with Crippen molar-refractivity contribution in [3.05, 3.63) is 41.0 Å². The number of allylic oxidation sites excluding steroid dienone is 2. The molecule has 0 aliphatic carbocycles. The number of aryl methyl sites for hydroxylation is 2. The lowest BCUT2D eigenvalue weighted by Crippen LogP contribution is -2.04. The van der Waals surface area contributed by atoms with Crippen molar-refractivity contribution in [3.63, 3.8) is 0 Å². The minimum Gasteiger partial charge on any atom is -0.508 e. The third-order valence-corrected chi connectivity index (χ3v) is 2.28. The van der Waals surface area contributed by atoms with E-state index in [1.54, 1.807) is 26.0 Å². The van der Waals surface area contributed by atoms with Crippen LogP contribution >= 0.6 is 0 Å². The fraction of sp³-hybridized carbons (Fsp3) is 0.357. The van der Waals surface area contributed by atoms with Gasteiger partial charge in [0.15, 0.2) is 0 Å². The summed E-state index contributed by atoms with van der Waals surface area (Å²) < 4.78 is 4.59. The second-order valence-corrected chi connectivity index (χ2v) is 3.61. The highest BCUT2D eigenvalue weighted by molar-refractivity contribution is 5.91. The molecule has 1 N–H and O–H groups in total. The Kier molecular flexibility index (Phi) is 6.71. The topological polar surface area (TPSA) is 46.5 Å². The van der Waals surface area contributed by atoms with Gasteiger partial charge in [0.2, 0.25) is 0 Å². The average Bonchev–Trinajstić information content (AvgIpc) is 2.33. The standard InChI is InChI=1S/C10H12O3.C4H8/c1-6-5-9(11)7(2)4-8(6)10(12)13-3;1-3-4-2/h4-5,11H,1-3H3;3-4H,1-2H3/b;4-3+. The molecule has 0 bridgehead atoms. The summed E-state index contributed by atoms with van der Waals surface area (Å²) in [6.07, 6.45) is 4.00. The number of hydrogen-bond donors (Lipinski definition) is 1. The molecule has 0 saturated heterocycles. The van der Waals surface area contributed by atoms with Crippen LogP contribution in [-0.4, -0.2) is 18.2 Å². The Labute approximate surface area is 103 Å². The maximum Gasteiger partial charge on any atom is 0.338 e. The van der Waals surface area contributed by atoms with Crippen LogP contribution in [0.4, 0.5) is 0 Å². The smallest absolute Gasteiger partial charge is 0.338 e. The quantitative estimate of drug-likeness (QED) is 0.600. The van der Waals surface area contributed by atoms with Crippen molar-refractivity contribution in [1.29, 1.82) is 0 Å². The Morgan fingerprint density at radius 3 is 2.12 bits per heavy atom. The molecule has 0 saturated carbocycles. The molecular weight excluding hydrogens is 216 g/mol. The van der Waals surface area contributed by atoms with Crippen LogP contribution in [-0.2, 0) is 4.74 Å². The zero-order chi connectivity index (χ0) is 13.4.